The fourth-order valence-corrected chi connectivity index (χ4v) is 3.62. The Morgan fingerprint density at radius 3 is 2.36 bits per heavy atom. The minimum atomic E-state index is -0.433. The Bertz CT molecular complexity index is 608. The van der Waals surface area contributed by atoms with Gasteiger partial charge in [0.1, 0.15) is 5.82 Å². The van der Waals surface area contributed by atoms with Gasteiger partial charge in [-0.05, 0) is 50.2 Å². The largest absolute Gasteiger partial charge is 0.343 e. The summed E-state index contributed by atoms with van der Waals surface area (Å²) in [6.45, 7) is 3.00. The van der Waals surface area contributed by atoms with Gasteiger partial charge >= 0.3 is 6.03 Å². The summed E-state index contributed by atoms with van der Waals surface area (Å²) in [4.78, 5) is 28.3. The van der Waals surface area contributed by atoms with E-state index in [9.17, 15) is 14.0 Å². The molecule has 1 N–H and O–H groups in total. The molecule has 2 aliphatic rings. The Morgan fingerprint density at radius 2 is 1.68 bits per heavy atom. The van der Waals surface area contributed by atoms with E-state index >= 15 is 0 Å². The van der Waals surface area contributed by atoms with Crippen molar-refractivity contribution in [2.75, 3.05) is 31.5 Å². The molecular formula is C19H26FN3O2. The standard InChI is InChI=1S/C19H26FN3O2/c20-16-6-2-3-7-17(16)21-19(25)23-12-8-15(9-13-23)14-18(24)22-10-4-1-5-11-22/h2-3,6-7,15H,1,4-5,8-14H2,(H,21,25). The normalized spacial score (nSPS) is 18.9. The molecule has 1 aromatic carbocycles. The number of nitrogens with zero attached hydrogens (tertiary/aromatic N) is 2. The highest BCUT2D eigenvalue weighted by molar-refractivity contribution is 5.89. The van der Waals surface area contributed by atoms with E-state index in [1.165, 1.54) is 12.5 Å². The highest BCUT2D eigenvalue weighted by atomic mass is 19.1. The number of amides is 3. The van der Waals surface area contributed by atoms with E-state index in [1.54, 1.807) is 23.1 Å². The van der Waals surface area contributed by atoms with Gasteiger partial charge in [-0.3, -0.25) is 4.79 Å². The van der Waals surface area contributed by atoms with Crippen LogP contribution in [-0.4, -0.2) is 47.9 Å². The number of carbonyl (C=O) groups is 2. The lowest BCUT2D eigenvalue weighted by Gasteiger charge is -2.33. The SMILES string of the molecule is O=C(CC1CCN(C(=O)Nc2ccccc2F)CC1)N1CCCCC1. The van der Waals surface area contributed by atoms with Gasteiger partial charge in [-0.15, -0.1) is 0 Å². The summed E-state index contributed by atoms with van der Waals surface area (Å²) in [6, 6.07) is 5.89. The van der Waals surface area contributed by atoms with Gasteiger partial charge in [-0.25, -0.2) is 9.18 Å². The molecule has 2 saturated heterocycles. The average Bonchev–Trinajstić information content (AvgIpc) is 2.65. The van der Waals surface area contributed by atoms with Crippen LogP contribution in [0.3, 0.4) is 0 Å². The highest BCUT2D eigenvalue weighted by Gasteiger charge is 2.26. The molecule has 0 aromatic heterocycles. The Hall–Kier alpha value is -2.11. The Balaban J connectivity index is 1.44. The molecule has 0 radical (unpaired) electrons. The summed E-state index contributed by atoms with van der Waals surface area (Å²) in [5, 5.41) is 2.62. The smallest absolute Gasteiger partial charge is 0.321 e. The number of hydrogen-bond donors (Lipinski definition) is 1. The number of benzene rings is 1. The van der Waals surface area contributed by atoms with Crippen molar-refractivity contribution >= 4 is 17.6 Å². The number of anilines is 1. The van der Waals surface area contributed by atoms with Crippen LogP contribution in [0, 0.1) is 11.7 Å². The second-order valence-corrected chi connectivity index (χ2v) is 6.99. The predicted octanol–water partition coefficient (Wildman–Crippen LogP) is 3.47. The molecule has 25 heavy (non-hydrogen) atoms. The van der Waals surface area contributed by atoms with Crippen LogP contribution in [0.2, 0.25) is 0 Å². The van der Waals surface area contributed by atoms with Gasteiger partial charge in [0.05, 0.1) is 5.69 Å². The van der Waals surface area contributed by atoms with Crippen molar-refractivity contribution in [3.05, 3.63) is 30.1 Å². The summed E-state index contributed by atoms with van der Waals surface area (Å²) >= 11 is 0. The van der Waals surface area contributed by atoms with Crippen LogP contribution in [0.25, 0.3) is 0 Å². The zero-order valence-electron chi connectivity index (χ0n) is 14.5. The van der Waals surface area contributed by atoms with Gasteiger partial charge in [0.25, 0.3) is 0 Å². The molecule has 2 aliphatic heterocycles. The van der Waals surface area contributed by atoms with E-state index in [1.807, 2.05) is 4.90 Å². The van der Waals surface area contributed by atoms with Crippen molar-refractivity contribution in [2.45, 2.75) is 38.5 Å². The molecule has 0 unspecified atom stereocenters. The number of nitrogens with one attached hydrogen (secondary N) is 1. The summed E-state index contributed by atoms with van der Waals surface area (Å²) < 4.78 is 13.6. The fourth-order valence-electron chi connectivity index (χ4n) is 3.62. The average molecular weight is 347 g/mol. The summed E-state index contributed by atoms with van der Waals surface area (Å²) in [7, 11) is 0. The Labute approximate surface area is 148 Å². The van der Waals surface area contributed by atoms with Crippen LogP contribution >= 0.6 is 0 Å². The third-order valence-corrected chi connectivity index (χ3v) is 5.19. The van der Waals surface area contributed by atoms with Crippen LogP contribution in [0.1, 0.15) is 38.5 Å². The third kappa shape index (κ3) is 4.71. The number of hydrogen-bond acceptors (Lipinski definition) is 2. The Morgan fingerprint density at radius 1 is 1.00 bits per heavy atom. The molecule has 0 bridgehead atoms. The lowest BCUT2D eigenvalue weighted by atomic mass is 9.93. The first-order valence-corrected chi connectivity index (χ1v) is 9.22. The molecule has 5 nitrogen and oxygen atoms in total. The molecule has 3 rings (SSSR count). The van der Waals surface area contributed by atoms with Gasteiger partial charge in [-0.2, -0.15) is 0 Å². The van der Waals surface area contributed by atoms with Crippen LogP contribution in [0.5, 0.6) is 0 Å². The lowest BCUT2D eigenvalue weighted by molar-refractivity contribution is -0.133. The van der Waals surface area contributed by atoms with E-state index in [0.29, 0.717) is 25.4 Å². The second kappa shape index (κ2) is 8.32. The zero-order valence-corrected chi connectivity index (χ0v) is 14.5. The number of halogens is 1. The Kier molecular flexibility index (Phi) is 5.89. The van der Waals surface area contributed by atoms with Gasteiger partial charge in [0, 0.05) is 32.6 Å². The van der Waals surface area contributed by atoms with Crippen LogP contribution < -0.4 is 5.32 Å². The van der Waals surface area contributed by atoms with Crippen LogP contribution in [0.4, 0.5) is 14.9 Å². The van der Waals surface area contributed by atoms with Crippen molar-refractivity contribution < 1.29 is 14.0 Å². The summed E-state index contributed by atoms with van der Waals surface area (Å²) in [5.41, 5.74) is 0.204. The van der Waals surface area contributed by atoms with Gasteiger partial charge in [0.15, 0.2) is 0 Å². The monoisotopic (exact) mass is 347 g/mol. The molecule has 2 fully saturated rings. The number of carbonyl (C=O) groups excluding carboxylic acids is 2. The maximum absolute atomic E-state index is 13.6. The summed E-state index contributed by atoms with van der Waals surface area (Å²) in [6.07, 6.45) is 5.68. The third-order valence-electron chi connectivity index (χ3n) is 5.19. The fraction of sp³-hybridized carbons (Fsp3) is 0.579. The van der Waals surface area contributed by atoms with Crippen molar-refractivity contribution in [1.29, 1.82) is 0 Å². The van der Waals surface area contributed by atoms with Crippen molar-refractivity contribution in [2.24, 2.45) is 5.92 Å². The van der Waals surface area contributed by atoms with Crippen LogP contribution in [0.15, 0.2) is 24.3 Å². The maximum Gasteiger partial charge on any atom is 0.321 e. The number of likely N-dealkylation sites (tertiary alicyclic amines) is 2. The van der Waals surface area contributed by atoms with E-state index in [4.69, 9.17) is 0 Å². The van der Waals surface area contributed by atoms with Gasteiger partial charge in [0.2, 0.25) is 5.91 Å². The van der Waals surface area contributed by atoms with Crippen molar-refractivity contribution in [3.63, 3.8) is 0 Å². The highest BCUT2D eigenvalue weighted by Crippen LogP contribution is 2.23. The topological polar surface area (TPSA) is 52.7 Å². The molecule has 0 saturated carbocycles. The predicted molar refractivity (Wildman–Crippen MR) is 94.8 cm³/mol. The second-order valence-electron chi connectivity index (χ2n) is 6.99. The number of para-hydroxylation sites is 1. The molecule has 136 valence electrons. The maximum atomic E-state index is 13.6. The minimum absolute atomic E-state index is 0.204. The first-order valence-electron chi connectivity index (χ1n) is 9.22. The van der Waals surface area contributed by atoms with E-state index < -0.39 is 5.82 Å². The van der Waals surface area contributed by atoms with E-state index in [-0.39, 0.29) is 17.6 Å². The van der Waals surface area contributed by atoms with Gasteiger partial charge < -0.3 is 15.1 Å². The molecule has 0 aliphatic carbocycles. The lowest BCUT2D eigenvalue weighted by Crippen LogP contribution is -2.42. The van der Waals surface area contributed by atoms with Crippen LogP contribution in [-0.2, 0) is 4.79 Å². The quantitative estimate of drug-likeness (QED) is 0.910. The molecule has 0 atom stereocenters. The molecule has 2 heterocycles. The van der Waals surface area contributed by atoms with Crippen molar-refractivity contribution in [1.82, 2.24) is 9.80 Å². The van der Waals surface area contributed by atoms with E-state index in [0.717, 1.165) is 38.8 Å². The number of rotatable bonds is 3. The minimum Gasteiger partial charge on any atom is -0.343 e. The zero-order chi connectivity index (χ0) is 17.6. The van der Waals surface area contributed by atoms with Gasteiger partial charge in [-0.1, -0.05) is 12.1 Å². The first kappa shape index (κ1) is 17.7. The molecule has 0 spiro atoms. The number of urea groups is 1. The van der Waals surface area contributed by atoms with E-state index in [2.05, 4.69) is 5.32 Å². The van der Waals surface area contributed by atoms with Crippen molar-refractivity contribution in [3.8, 4) is 0 Å². The molecule has 3 amide bonds. The molecule has 1 aromatic rings. The molecule has 6 heteroatoms. The first-order chi connectivity index (χ1) is 12.1. The number of piperidine rings is 2. The summed E-state index contributed by atoms with van der Waals surface area (Å²) in [5.74, 6) is 0.166. The molecular weight excluding hydrogens is 321 g/mol.